The maximum atomic E-state index is 13.4. The molecule has 42 heavy (non-hydrogen) atoms. The summed E-state index contributed by atoms with van der Waals surface area (Å²) in [5, 5.41) is 24.3. The predicted molar refractivity (Wildman–Crippen MR) is 151 cm³/mol. The third-order valence-corrected chi connectivity index (χ3v) is 6.93. The Hall–Kier alpha value is -5.36. The first kappa shape index (κ1) is 29.6. The van der Waals surface area contributed by atoms with Gasteiger partial charge in [0.2, 0.25) is 23.6 Å². The number of carbonyl (C=O) groups is 5. The molecule has 1 aliphatic heterocycles. The van der Waals surface area contributed by atoms with Gasteiger partial charge in [0.05, 0.1) is 13.0 Å². The summed E-state index contributed by atoms with van der Waals surface area (Å²) in [5.41, 5.74) is 11.6. The SMILES string of the molecule is [N-]=[N+]=NC[C@H]1NC(=O)Cc2ccccc2CNC(=O)CCC(C(=O)O)NC(=O)C(Cc2c[nH]c3ccccc23)NC1=O. The molecule has 0 spiro atoms. The van der Waals surface area contributed by atoms with E-state index in [1.807, 2.05) is 24.3 Å². The van der Waals surface area contributed by atoms with Crippen molar-refractivity contribution in [3.8, 4) is 0 Å². The Kier molecular flexibility index (Phi) is 9.74. The average molecular weight is 575 g/mol. The van der Waals surface area contributed by atoms with Gasteiger partial charge in [0.1, 0.15) is 18.1 Å². The molecular weight excluding hydrogens is 544 g/mol. The summed E-state index contributed by atoms with van der Waals surface area (Å²) in [6.45, 7) is -0.341. The Morgan fingerprint density at radius 2 is 1.64 bits per heavy atom. The number of hydrogen-bond acceptors (Lipinski definition) is 6. The Morgan fingerprint density at radius 3 is 2.40 bits per heavy atom. The lowest BCUT2D eigenvalue weighted by molar-refractivity contribution is -0.142. The molecule has 2 heterocycles. The van der Waals surface area contributed by atoms with Crippen molar-refractivity contribution < 1.29 is 29.1 Å². The first-order valence-electron chi connectivity index (χ1n) is 13.3. The van der Waals surface area contributed by atoms with E-state index < -0.39 is 54.3 Å². The van der Waals surface area contributed by atoms with E-state index in [2.05, 4.69) is 36.3 Å². The van der Waals surface area contributed by atoms with E-state index in [9.17, 15) is 29.1 Å². The highest BCUT2D eigenvalue weighted by Gasteiger charge is 2.30. The molecule has 0 aliphatic carbocycles. The van der Waals surface area contributed by atoms with Gasteiger partial charge in [0.15, 0.2) is 0 Å². The summed E-state index contributed by atoms with van der Waals surface area (Å²) < 4.78 is 0. The highest BCUT2D eigenvalue weighted by Crippen LogP contribution is 2.19. The summed E-state index contributed by atoms with van der Waals surface area (Å²) in [7, 11) is 0. The Bertz CT molecular complexity index is 1550. The quantitative estimate of drug-likeness (QED) is 0.149. The zero-order valence-electron chi connectivity index (χ0n) is 22.5. The van der Waals surface area contributed by atoms with Gasteiger partial charge in [0.25, 0.3) is 0 Å². The lowest BCUT2D eigenvalue weighted by Crippen LogP contribution is -2.57. The van der Waals surface area contributed by atoms with Crippen molar-refractivity contribution in [3.63, 3.8) is 0 Å². The summed E-state index contributed by atoms with van der Waals surface area (Å²) >= 11 is 0. The van der Waals surface area contributed by atoms with Gasteiger partial charge in [-0.15, -0.1) is 0 Å². The summed E-state index contributed by atoms with van der Waals surface area (Å²) in [5.74, 6) is -3.92. The van der Waals surface area contributed by atoms with E-state index >= 15 is 0 Å². The second kappa shape index (κ2) is 13.8. The molecule has 4 rings (SSSR count). The van der Waals surface area contributed by atoms with Crippen molar-refractivity contribution in [2.75, 3.05) is 6.54 Å². The van der Waals surface area contributed by atoms with E-state index in [1.54, 1.807) is 30.5 Å². The van der Waals surface area contributed by atoms with Crippen LogP contribution in [0.15, 0.2) is 59.8 Å². The van der Waals surface area contributed by atoms with Crippen LogP contribution < -0.4 is 21.3 Å². The number of nitrogens with zero attached hydrogens (tertiary/aromatic N) is 3. The van der Waals surface area contributed by atoms with Crippen LogP contribution in [0.25, 0.3) is 21.3 Å². The number of carboxylic acid groups (broad SMARTS) is 1. The molecular formula is C28H30N8O6. The number of aromatic nitrogens is 1. The van der Waals surface area contributed by atoms with Crippen LogP contribution >= 0.6 is 0 Å². The summed E-state index contributed by atoms with van der Waals surface area (Å²) in [6, 6.07) is 10.2. The van der Waals surface area contributed by atoms with Gasteiger partial charge < -0.3 is 31.4 Å². The Morgan fingerprint density at radius 1 is 0.929 bits per heavy atom. The van der Waals surface area contributed by atoms with Gasteiger partial charge in [-0.3, -0.25) is 19.2 Å². The molecule has 0 fully saturated rings. The topological polar surface area (TPSA) is 218 Å². The number of para-hydroxylation sites is 1. The molecule has 0 bridgehead atoms. The number of hydrogen-bond donors (Lipinski definition) is 6. The second-order valence-corrected chi connectivity index (χ2v) is 9.82. The minimum atomic E-state index is -1.41. The number of aliphatic carboxylic acids is 1. The number of rotatable bonds is 5. The van der Waals surface area contributed by atoms with Crippen LogP contribution in [0.2, 0.25) is 0 Å². The lowest BCUT2D eigenvalue weighted by Gasteiger charge is -2.24. The fourth-order valence-corrected chi connectivity index (χ4v) is 4.72. The number of H-pyrrole nitrogens is 1. The molecule has 0 saturated heterocycles. The molecule has 3 aromatic rings. The third kappa shape index (κ3) is 7.64. The van der Waals surface area contributed by atoms with Crippen LogP contribution in [0.3, 0.4) is 0 Å². The van der Waals surface area contributed by atoms with Crippen LogP contribution in [-0.2, 0) is 43.4 Å². The molecule has 14 heteroatoms. The van der Waals surface area contributed by atoms with Crippen molar-refractivity contribution in [1.29, 1.82) is 0 Å². The molecule has 6 N–H and O–H groups in total. The molecule has 1 aliphatic rings. The maximum absolute atomic E-state index is 13.4. The first-order chi connectivity index (χ1) is 20.2. The molecule has 0 saturated carbocycles. The molecule has 2 aromatic carbocycles. The van der Waals surface area contributed by atoms with E-state index in [-0.39, 0.29) is 32.2 Å². The number of fused-ring (bicyclic) bond motifs is 2. The smallest absolute Gasteiger partial charge is 0.326 e. The van der Waals surface area contributed by atoms with Crippen molar-refractivity contribution in [2.24, 2.45) is 5.11 Å². The normalized spacial score (nSPS) is 20.6. The van der Waals surface area contributed by atoms with Crippen LogP contribution in [0.4, 0.5) is 0 Å². The van der Waals surface area contributed by atoms with Crippen LogP contribution in [0.5, 0.6) is 0 Å². The Labute approximate surface area is 239 Å². The van der Waals surface area contributed by atoms with Gasteiger partial charge in [0, 0.05) is 41.4 Å². The number of benzene rings is 2. The highest BCUT2D eigenvalue weighted by atomic mass is 16.4. The number of amides is 4. The maximum Gasteiger partial charge on any atom is 0.326 e. The van der Waals surface area contributed by atoms with Gasteiger partial charge >= 0.3 is 5.97 Å². The molecule has 4 amide bonds. The van der Waals surface area contributed by atoms with E-state index in [0.717, 1.165) is 10.9 Å². The number of nitrogens with one attached hydrogen (secondary N) is 5. The minimum Gasteiger partial charge on any atom is -0.480 e. The monoisotopic (exact) mass is 574 g/mol. The van der Waals surface area contributed by atoms with Crippen molar-refractivity contribution >= 4 is 40.5 Å². The van der Waals surface area contributed by atoms with E-state index in [1.165, 1.54) is 0 Å². The third-order valence-electron chi connectivity index (χ3n) is 6.93. The highest BCUT2D eigenvalue weighted by molar-refractivity contribution is 5.95. The van der Waals surface area contributed by atoms with Gasteiger partial charge in [-0.2, -0.15) is 0 Å². The van der Waals surface area contributed by atoms with Crippen LogP contribution in [0, 0.1) is 0 Å². The fourth-order valence-electron chi connectivity index (χ4n) is 4.72. The van der Waals surface area contributed by atoms with Crippen molar-refractivity contribution in [3.05, 3.63) is 81.9 Å². The van der Waals surface area contributed by atoms with Crippen LogP contribution in [-0.4, -0.2) is 64.4 Å². The number of carboxylic acids is 1. The van der Waals surface area contributed by atoms with Crippen LogP contribution in [0.1, 0.15) is 29.5 Å². The lowest BCUT2D eigenvalue weighted by atomic mass is 10.0. The van der Waals surface area contributed by atoms with Crippen molar-refractivity contribution in [2.45, 2.75) is 50.4 Å². The van der Waals surface area contributed by atoms with Crippen molar-refractivity contribution in [1.82, 2.24) is 26.3 Å². The average Bonchev–Trinajstić information content (AvgIpc) is 3.38. The number of azide groups is 1. The van der Waals surface area contributed by atoms with E-state index in [0.29, 0.717) is 16.7 Å². The summed E-state index contributed by atoms with van der Waals surface area (Å²) in [4.78, 5) is 70.1. The largest absolute Gasteiger partial charge is 0.480 e. The van der Waals surface area contributed by atoms with Gasteiger partial charge in [-0.05, 0) is 34.7 Å². The van der Waals surface area contributed by atoms with Gasteiger partial charge in [-0.1, -0.05) is 47.6 Å². The second-order valence-electron chi connectivity index (χ2n) is 9.82. The van der Waals surface area contributed by atoms with E-state index in [4.69, 9.17) is 5.53 Å². The molecule has 1 aromatic heterocycles. The standard InChI is InChI=1S/C28H30N8O6/c29-36-32-15-23-27(40)35-22(11-18-14-30-20-8-4-3-7-19(18)20)26(39)34-21(28(41)42)9-10-24(37)31-13-17-6-2-1-5-16(17)12-25(38)33-23/h1-8,14,21-23,30H,9-13,15H2,(H,31,37)(H,33,38)(H,34,39)(H,35,40)(H,41,42)/t21?,22?,23-/m1/s1. The molecule has 0 radical (unpaired) electrons. The molecule has 218 valence electrons. The molecule has 2 unspecified atom stereocenters. The zero-order valence-corrected chi connectivity index (χ0v) is 22.5. The fraction of sp³-hybridized carbons (Fsp3) is 0.321. The first-order valence-corrected chi connectivity index (χ1v) is 13.3. The zero-order chi connectivity index (χ0) is 30.1. The molecule has 3 atom stereocenters. The number of aromatic amines is 1. The number of carbonyl (C=O) groups excluding carboxylic acids is 4. The summed E-state index contributed by atoms with van der Waals surface area (Å²) in [6.07, 6.45) is 1.15. The molecule has 14 nitrogen and oxygen atoms in total. The predicted octanol–water partition coefficient (Wildman–Crippen LogP) is 1.21. The minimum absolute atomic E-state index is 0.0238. The van der Waals surface area contributed by atoms with Gasteiger partial charge in [-0.25, -0.2) is 4.79 Å². The Balaban J connectivity index is 1.67.